The van der Waals surface area contributed by atoms with Crippen LogP contribution < -0.4 is 5.32 Å². The van der Waals surface area contributed by atoms with Crippen LogP contribution in [-0.2, 0) is 4.74 Å². The second kappa shape index (κ2) is 5.77. The van der Waals surface area contributed by atoms with Crippen molar-refractivity contribution in [3.05, 3.63) is 34.1 Å². The summed E-state index contributed by atoms with van der Waals surface area (Å²) in [6.07, 6.45) is 0.606. The zero-order chi connectivity index (χ0) is 13.8. The smallest absolute Gasteiger partial charge is 0.295 e. The van der Waals surface area contributed by atoms with E-state index in [1.807, 2.05) is 13.8 Å². The number of halogens is 1. The van der Waals surface area contributed by atoms with E-state index >= 15 is 0 Å². The van der Waals surface area contributed by atoms with Crippen LogP contribution in [0.3, 0.4) is 0 Å². The third kappa shape index (κ3) is 3.66. The van der Waals surface area contributed by atoms with Gasteiger partial charge < -0.3 is 10.1 Å². The molecule has 0 bridgehead atoms. The van der Waals surface area contributed by atoms with Crippen molar-refractivity contribution in [2.75, 3.05) is 19.0 Å². The molecular formula is C12H17FN2O3. The molecule has 0 aliphatic rings. The molecule has 0 amide bonds. The Morgan fingerprint density at radius 3 is 2.72 bits per heavy atom. The van der Waals surface area contributed by atoms with E-state index in [1.165, 1.54) is 18.2 Å². The number of nitrogens with zero attached hydrogens (tertiary/aromatic N) is 1. The summed E-state index contributed by atoms with van der Waals surface area (Å²) in [7, 11) is 1.59. The van der Waals surface area contributed by atoms with Crippen LogP contribution in [-0.4, -0.2) is 24.2 Å². The number of hydrogen-bond donors (Lipinski definition) is 1. The van der Waals surface area contributed by atoms with Crippen molar-refractivity contribution in [1.82, 2.24) is 0 Å². The van der Waals surface area contributed by atoms with Crippen molar-refractivity contribution in [3.63, 3.8) is 0 Å². The number of hydrogen-bond acceptors (Lipinski definition) is 4. The Bertz CT molecular complexity index is 435. The topological polar surface area (TPSA) is 64.4 Å². The molecule has 0 unspecified atom stereocenters. The first-order valence-corrected chi connectivity index (χ1v) is 5.59. The normalized spacial score (nSPS) is 11.3. The number of anilines is 1. The van der Waals surface area contributed by atoms with Crippen molar-refractivity contribution in [2.45, 2.75) is 25.9 Å². The number of methoxy groups -OCH3 is 1. The summed E-state index contributed by atoms with van der Waals surface area (Å²) in [5.41, 5.74) is -0.688. The van der Waals surface area contributed by atoms with Crippen LogP contribution in [0.15, 0.2) is 18.2 Å². The predicted molar refractivity (Wildman–Crippen MR) is 67.2 cm³/mol. The van der Waals surface area contributed by atoms with Crippen molar-refractivity contribution >= 4 is 11.4 Å². The van der Waals surface area contributed by atoms with Crippen molar-refractivity contribution in [2.24, 2.45) is 0 Å². The third-order valence-electron chi connectivity index (χ3n) is 2.77. The Morgan fingerprint density at radius 2 is 2.17 bits per heavy atom. The second-order valence-electron chi connectivity index (χ2n) is 4.53. The molecule has 100 valence electrons. The standard InChI is InChI=1S/C12H17FN2O3/c1-12(2,18-3)7-8-14-11-9(13)5-4-6-10(11)15(16)17/h4-6,14H,7-8H2,1-3H3. The van der Waals surface area contributed by atoms with Crippen LogP contribution in [0.1, 0.15) is 20.3 Å². The van der Waals surface area contributed by atoms with Crippen LogP contribution in [0.25, 0.3) is 0 Å². The highest BCUT2D eigenvalue weighted by Gasteiger charge is 2.20. The van der Waals surface area contributed by atoms with Gasteiger partial charge in [0.1, 0.15) is 5.69 Å². The summed E-state index contributed by atoms with van der Waals surface area (Å²) in [6.45, 7) is 4.18. The molecule has 1 aromatic rings. The summed E-state index contributed by atoms with van der Waals surface area (Å²) in [5, 5.41) is 13.5. The lowest BCUT2D eigenvalue weighted by Gasteiger charge is -2.23. The van der Waals surface area contributed by atoms with Gasteiger partial charge in [0, 0.05) is 19.7 Å². The molecule has 0 fully saturated rings. The molecule has 0 aliphatic carbocycles. The van der Waals surface area contributed by atoms with Gasteiger partial charge in [0.2, 0.25) is 0 Å². The Labute approximate surface area is 105 Å². The molecule has 0 aliphatic heterocycles. The zero-order valence-electron chi connectivity index (χ0n) is 10.7. The van der Waals surface area contributed by atoms with E-state index in [4.69, 9.17) is 4.74 Å². The van der Waals surface area contributed by atoms with Gasteiger partial charge in [-0.3, -0.25) is 10.1 Å². The summed E-state index contributed by atoms with van der Waals surface area (Å²) in [4.78, 5) is 10.2. The van der Waals surface area contributed by atoms with Gasteiger partial charge in [-0.05, 0) is 26.3 Å². The van der Waals surface area contributed by atoms with Crippen LogP contribution in [0, 0.1) is 15.9 Å². The quantitative estimate of drug-likeness (QED) is 0.627. The van der Waals surface area contributed by atoms with Crippen molar-refractivity contribution < 1.29 is 14.1 Å². The van der Waals surface area contributed by atoms with E-state index in [0.717, 1.165) is 0 Å². The minimum atomic E-state index is -0.626. The predicted octanol–water partition coefficient (Wildman–Crippen LogP) is 2.96. The van der Waals surface area contributed by atoms with Gasteiger partial charge in [0.05, 0.1) is 10.5 Å². The molecule has 0 atom stereocenters. The van der Waals surface area contributed by atoms with Crippen molar-refractivity contribution in [1.29, 1.82) is 0 Å². The molecule has 0 radical (unpaired) electrons. The van der Waals surface area contributed by atoms with Gasteiger partial charge in [-0.2, -0.15) is 0 Å². The number of nitro groups is 1. The maximum atomic E-state index is 13.5. The lowest BCUT2D eigenvalue weighted by Crippen LogP contribution is -2.26. The van der Waals surface area contributed by atoms with Gasteiger partial charge in [-0.1, -0.05) is 6.07 Å². The maximum absolute atomic E-state index is 13.5. The summed E-state index contributed by atoms with van der Waals surface area (Å²) < 4.78 is 18.7. The van der Waals surface area contributed by atoms with Gasteiger partial charge in [-0.15, -0.1) is 0 Å². The largest absolute Gasteiger partial charge is 0.379 e. The Balaban J connectivity index is 2.76. The molecule has 18 heavy (non-hydrogen) atoms. The minimum absolute atomic E-state index is 0.0746. The third-order valence-corrected chi connectivity index (χ3v) is 2.77. The molecule has 0 saturated heterocycles. The SMILES string of the molecule is COC(C)(C)CCNc1c(F)cccc1[N+](=O)[O-]. The van der Waals surface area contributed by atoms with Crippen molar-refractivity contribution in [3.8, 4) is 0 Å². The zero-order valence-corrected chi connectivity index (χ0v) is 10.7. The maximum Gasteiger partial charge on any atom is 0.295 e. The van der Waals surface area contributed by atoms with E-state index < -0.39 is 10.7 Å². The molecule has 5 nitrogen and oxygen atoms in total. The van der Waals surface area contributed by atoms with Gasteiger partial charge >= 0.3 is 0 Å². The van der Waals surface area contributed by atoms with E-state index in [9.17, 15) is 14.5 Å². The lowest BCUT2D eigenvalue weighted by atomic mass is 10.1. The minimum Gasteiger partial charge on any atom is -0.379 e. The van der Waals surface area contributed by atoms with Gasteiger partial charge in [0.25, 0.3) is 5.69 Å². The molecule has 0 spiro atoms. The Hall–Kier alpha value is -1.69. The highest BCUT2D eigenvalue weighted by Crippen LogP contribution is 2.27. The van der Waals surface area contributed by atoms with E-state index in [0.29, 0.717) is 13.0 Å². The average molecular weight is 256 g/mol. The first kappa shape index (κ1) is 14.4. The fourth-order valence-corrected chi connectivity index (χ4v) is 1.43. The van der Waals surface area contributed by atoms with E-state index in [2.05, 4.69) is 5.32 Å². The molecule has 6 heteroatoms. The number of nitrogens with one attached hydrogen (secondary N) is 1. The molecule has 0 saturated carbocycles. The fourth-order valence-electron chi connectivity index (χ4n) is 1.43. The van der Waals surface area contributed by atoms with Crippen LogP contribution >= 0.6 is 0 Å². The summed E-state index contributed by atoms with van der Waals surface area (Å²) >= 11 is 0. The van der Waals surface area contributed by atoms with E-state index in [1.54, 1.807) is 7.11 Å². The van der Waals surface area contributed by atoms with Crippen LogP contribution in [0.4, 0.5) is 15.8 Å². The number of para-hydroxylation sites is 1. The highest BCUT2D eigenvalue weighted by atomic mass is 19.1. The summed E-state index contributed by atoms with van der Waals surface area (Å²) in [5.74, 6) is -0.626. The van der Waals surface area contributed by atoms with Gasteiger partial charge in [0.15, 0.2) is 5.82 Å². The number of benzene rings is 1. The molecule has 1 N–H and O–H groups in total. The number of rotatable bonds is 6. The van der Waals surface area contributed by atoms with Gasteiger partial charge in [-0.25, -0.2) is 4.39 Å². The molecule has 1 aromatic carbocycles. The van der Waals surface area contributed by atoms with Crippen LogP contribution in [0.2, 0.25) is 0 Å². The first-order valence-electron chi connectivity index (χ1n) is 5.59. The lowest BCUT2D eigenvalue weighted by molar-refractivity contribution is -0.384. The number of ether oxygens (including phenoxy) is 1. The Morgan fingerprint density at radius 1 is 1.50 bits per heavy atom. The number of nitro benzene ring substituents is 1. The monoisotopic (exact) mass is 256 g/mol. The summed E-state index contributed by atoms with van der Waals surface area (Å²) in [6, 6.07) is 3.78. The molecule has 0 heterocycles. The second-order valence-corrected chi connectivity index (χ2v) is 4.53. The van der Waals surface area contributed by atoms with E-state index in [-0.39, 0.29) is 17.0 Å². The first-order chi connectivity index (χ1) is 8.37. The highest BCUT2D eigenvalue weighted by molar-refractivity contribution is 5.62. The molecule has 0 aromatic heterocycles. The Kier molecular flexibility index (Phi) is 4.61. The molecule has 1 rings (SSSR count). The van der Waals surface area contributed by atoms with Crippen LogP contribution in [0.5, 0.6) is 0 Å². The molecular weight excluding hydrogens is 239 g/mol. The average Bonchev–Trinajstić information content (AvgIpc) is 2.30. The fraction of sp³-hybridized carbons (Fsp3) is 0.500.